The van der Waals surface area contributed by atoms with Crippen molar-refractivity contribution in [2.75, 3.05) is 13.1 Å². The van der Waals surface area contributed by atoms with E-state index in [4.69, 9.17) is 5.73 Å². The lowest BCUT2D eigenvalue weighted by molar-refractivity contribution is 0.0746. The molecule has 0 aliphatic carbocycles. The maximum Gasteiger partial charge on any atom is 0.272 e. The van der Waals surface area contributed by atoms with Crippen LogP contribution >= 0.6 is 0 Å². The Labute approximate surface area is 153 Å². The third-order valence-electron chi connectivity index (χ3n) is 4.90. The van der Waals surface area contributed by atoms with Crippen molar-refractivity contribution in [3.63, 3.8) is 0 Å². The Bertz CT molecular complexity index is 923. The van der Waals surface area contributed by atoms with Crippen LogP contribution < -0.4 is 5.73 Å². The molecule has 2 aromatic carbocycles. The number of pyridine rings is 1. The number of carbonyl (C=O) groups excluding carboxylic acids is 1. The SMILES string of the molecule is NC1CN(C(=O)c2cc(-c3ccccc3)ccn2)CCc2ccccc21. The van der Waals surface area contributed by atoms with E-state index in [1.54, 1.807) is 6.20 Å². The van der Waals surface area contributed by atoms with Crippen LogP contribution in [0.4, 0.5) is 0 Å². The third kappa shape index (κ3) is 3.24. The Morgan fingerprint density at radius 1 is 1.00 bits per heavy atom. The van der Waals surface area contributed by atoms with Crippen molar-refractivity contribution >= 4 is 5.91 Å². The lowest BCUT2D eigenvalue weighted by Gasteiger charge is -2.22. The lowest BCUT2D eigenvalue weighted by Crippen LogP contribution is -2.37. The molecule has 1 amide bonds. The average molecular weight is 343 g/mol. The van der Waals surface area contributed by atoms with Gasteiger partial charge in [0.15, 0.2) is 0 Å². The van der Waals surface area contributed by atoms with Gasteiger partial charge in [-0.05, 0) is 40.8 Å². The second-order valence-corrected chi connectivity index (χ2v) is 6.60. The highest BCUT2D eigenvalue weighted by Crippen LogP contribution is 2.24. The van der Waals surface area contributed by atoms with Gasteiger partial charge in [0.25, 0.3) is 5.91 Å². The molecule has 2 N–H and O–H groups in total. The molecule has 1 aliphatic heterocycles. The van der Waals surface area contributed by atoms with E-state index in [9.17, 15) is 4.79 Å². The Kier molecular flexibility index (Phi) is 4.50. The summed E-state index contributed by atoms with van der Waals surface area (Å²) in [4.78, 5) is 19.2. The van der Waals surface area contributed by atoms with E-state index in [2.05, 4.69) is 17.1 Å². The Morgan fingerprint density at radius 2 is 1.77 bits per heavy atom. The smallest absolute Gasteiger partial charge is 0.272 e. The molecule has 3 aromatic rings. The molecule has 1 unspecified atom stereocenters. The van der Waals surface area contributed by atoms with Gasteiger partial charge in [-0.3, -0.25) is 9.78 Å². The van der Waals surface area contributed by atoms with Gasteiger partial charge in [0.2, 0.25) is 0 Å². The van der Waals surface area contributed by atoms with Gasteiger partial charge in [-0.25, -0.2) is 0 Å². The average Bonchev–Trinajstić information content (AvgIpc) is 2.87. The number of aromatic nitrogens is 1. The molecule has 26 heavy (non-hydrogen) atoms. The van der Waals surface area contributed by atoms with Crippen molar-refractivity contribution in [3.8, 4) is 11.1 Å². The minimum atomic E-state index is -0.171. The summed E-state index contributed by atoms with van der Waals surface area (Å²) < 4.78 is 0. The van der Waals surface area contributed by atoms with E-state index < -0.39 is 0 Å². The molecule has 1 aliphatic rings. The number of hydrogen-bond donors (Lipinski definition) is 1. The first kappa shape index (κ1) is 16.5. The van der Waals surface area contributed by atoms with Crippen molar-refractivity contribution < 1.29 is 4.79 Å². The van der Waals surface area contributed by atoms with E-state index in [0.717, 1.165) is 23.1 Å². The van der Waals surface area contributed by atoms with E-state index in [1.807, 2.05) is 59.5 Å². The van der Waals surface area contributed by atoms with Gasteiger partial charge >= 0.3 is 0 Å². The topological polar surface area (TPSA) is 59.2 Å². The molecule has 1 aromatic heterocycles. The minimum absolute atomic E-state index is 0.0639. The number of nitrogens with two attached hydrogens (primary N) is 1. The molecule has 130 valence electrons. The highest BCUT2D eigenvalue weighted by Gasteiger charge is 2.25. The predicted molar refractivity (Wildman–Crippen MR) is 103 cm³/mol. The molecule has 1 atom stereocenters. The number of carbonyl (C=O) groups is 1. The van der Waals surface area contributed by atoms with Crippen molar-refractivity contribution in [1.82, 2.24) is 9.88 Å². The Hall–Kier alpha value is -2.98. The fourth-order valence-electron chi connectivity index (χ4n) is 3.51. The summed E-state index contributed by atoms with van der Waals surface area (Å²) >= 11 is 0. The second-order valence-electron chi connectivity index (χ2n) is 6.60. The van der Waals surface area contributed by atoms with Crippen LogP contribution in [0.25, 0.3) is 11.1 Å². The number of nitrogens with zero attached hydrogens (tertiary/aromatic N) is 2. The molecule has 0 bridgehead atoms. The lowest BCUT2D eigenvalue weighted by atomic mass is 10.0. The summed E-state index contributed by atoms with van der Waals surface area (Å²) in [7, 11) is 0. The van der Waals surface area contributed by atoms with Crippen LogP contribution in [-0.2, 0) is 6.42 Å². The highest BCUT2D eigenvalue weighted by molar-refractivity contribution is 5.93. The molecule has 0 spiro atoms. The first-order valence-electron chi connectivity index (χ1n) is 8.86. The van der Waals surface area contributed by atoms with Gasteiger partial charge in [0.1, 0.15) is 5.69 Å². The van der Waals surface area contributed by atoms with Crippen molar-refractivity contribution in [3.05, 3.63) is 89.7 Å². The zero-order valence-corrected chi connectivity index (χ0v) is 14.5. The van der Waals surface area contributed by atoms with Gasteiger partial charge in [0.05, 0.1) is 0 Å². The van der Waals surface area contributed by atoms with E-state index in [-0.39, 0.29) is 11.9 Å². The fraction of sp³-hybridized carbons (Fsp3) is 0.182. The molecule has 0 radical (unpaired) electrons. The van der Waals surface area contributed by atoms with Crippen molar-refractivity contribution in [2.45, 2.75) is 12.5 Å². The van der Waals surface area contributed by atoms with Crippen LogP contribution in [-0.4, -0.2) is 28.9 Å². The van der Waals surface area contributed by atoms with E-state index in [1.165, 1.54) is 5.56 Å². The number of amides is 1. The summed E-state index contributed by atoms with van der Waals surface area (Å²) in [6.45, 7) is 1.16. The number of benzene rings is 2. The van der Waals surface area contributed by atoms with Crippen molar-refractivity contribution in [2.24, 2.45) is 5.73 Å². The predicted octanol–water partition coefficient (Wildman–Crippen LogP) is 3.45. The summed E-state index contributed by atoms with van der Waals surface area (Å²) in [5, 5.41) is 0. The standard InChI is InChI=1S/C22H21N3O/c23-20-15-25(13-11-17-8-4-5-9-19(17)20)22(26)21-14-18(10-12-24-21)16-6-2-1-3-7-16/h1-10,12,14,20H,11,13,15,23H2. The van der Waals surface area contributed by atoms with E-state index >= 15 is 0 Å². The Balaban J connectivity index is 1.59. The van der Waals surface area contributed by atoms with Gasteiger partial charge in [-0.15, -0.1) is 0 Å². The summed E-state index contributed by atoms with van der Waals surface area (Å²) in [6.07, 6.45) is 2.51. The van der Waals surface area contributed by atoms with Crippen LogP contribution in [0.2, 0.25) is 0 Å². The van der Waals surface area contributed by atoms with Crippen LogP contribution in [0, 0.1) is 0 Å². The largest absolute Gasteiger partial charge is 0.335 e. The van der Waals surface area contributed by atoms with Crippen LogP contribution in [0.5, 0.6) is 0 Å². The van der Waals surface area contributed by atoms with Gasteiger partial charge in [-0.1, -0.05) is 54.6 Å². The maximum atomic E-state index is 13.0. The van der Waals surface area contributed by atoms with Crippen LogP contribution in [0.1, 0.15) is 27.7 Å². The maximum absolute atomic E-state index is 13.0. The monoisotopic (exact) mass is 343 g/mol. The first-order valence-corrected chi connectivity index (χ1v) is 8.86. The molecule has 0 saturated carbocycles. The molecule has 2 heterocycles. The second kappa shape index (κ2) is 7.10. The molecule has 0 saturated heterocycles. The van der Waals surface area contributed by atoms with Crippen molar-refractivity contribution in [1.29, 1.82) is 0 Å². The molecule has 4 nitrogen and oxygen atoms in total. The molecular formula is C22H21N3O. The summed E-state index contributed by atoms with van der Waals surface area (Å²) in [5.74, 6) is -0.0639. The fourth-order valence-corrected chi connectivity index (χ4v) is 3.51. The minimum Gasteiger partial charge on any atom is -0.335 e. The van der Waals surface area contributed by atoms with Gasteiger partial charge < -0.3 is 10.6 Å². The zero-order chi connectivity index (χ0) is 17.9. The van der Waals surface area contributed by atoms with Gasteiger partial charge in [-0.2, -0.15) is 0 Å². The summed E-state index contributed by atoms with van der Waals surface area (Å²) in [6, 6.07) is 21.8. The highest BCUT2D eigenvalue weighted by atomic mass is 16.2. The molecule has 4 rings (SSSR count). The number of fused-ring (bicyclic) bond motifs is 1. The molecule has 0 fully saturated rings. The number of rotatable bonds is 2. The van der Waals surface area contributed by atoms with Crippen LogP contribution in [0.15, 0.2) is 72.9 Å². The Morgan fingerprint density at radius 3 is 2.62 bits per heavy atom. The molecule has 4 heteroatoms. The third-order valence-corrected chi connectivity index (χ3v) is 4.90. The quantitative estimate of drug-likeness (QED) is 0.775. The molecular weight excluding hydrogens is 322 g/mol. The van der Waals surface area contributed by atoms with Gasteiger partial charge in [0, 0.05) is 25.3 Å². The zero-order valence-electron chi connectivity index (χ0n) is 14.5. The first-order chi connectivity index (χ1) is 12.7. The normalized spacial score (nSPS) is 16.7. The van der Waals surface area contributed by atoms with Crippen LogP contribution in [0.3, 0.4) is 0 Å². The summed E-state index contributed by atoms with van der Waals surface area (Å²) in [5.41, 5.74) is 11.2. The number of hydrogen-bond acceptors (Lipinski definition) is 3. The van der Waals surface area contributed by atoms with E-state index in [0.29, 0.717) is 18.8 Å².